The number of aromatic nitrogens is 16. The third kappa shape index (κ3) is 11.5. The van der Waals surface area contributed by atoms with Gasteiger partial charge in [-0.2, -0.15) is 0 Å². The number of fused-ring (bicyclic) bond motifs is 16. The Kier molecular flexibility index (Phi) is 15.3. The SMILES string of the molecule is C1=Cc2nc1c(-c1ccncc1)c1ccc([nH]1)c(-c1ccncc1)c1nc(c(-c3ccncc3)c3ccc([nH]3)c2-c2ccncc2)C=C1.C[n+]1ccc(-c2c3nc(c(-c4cc[n+](C)cc4)c4ccc([nH]4)c(-c4cc[n+](C)cc4)c4nc(c(-c5cc[n+](C)cc5)c5ccc2[nH]5)C=C4)C=C3)cc1. The lowest BCUT2D eigenvalue weighted by Gasteiger charge is -2.06. The maximum atomic E-state index is 5.39. The van der Waals surface area contributed by atoms with Crippen LogP contribution < -0.4 is 18.3 Å². The van der Waals surface area contributed by atoms with Crippen LogP contribution in [0.2, 0.25) is 0 Å². The zero-order valence-corrected chi connectivity index (χ0v) is 55.1. The molecule has 0 aliphatic carbocycles. The number of pyridine rings is 8. The molecule has 4 N–H and O–H groups in total. The molecule has 18 heterocycles. The average molecular weight is 1300 g/mol. The highest BCUT2D eigenvalue weighted by molar-refractivity contribution is 6.02. The summed E-state index contributed by atoms with van der Waals surface area (Å²) in [7, 11) is 8.14. The second kappa shape index (κ2) is 25.5. The summed E-state index contributed by atoms with van der Waals surface area (Å²) in [6.07, 6.45) is 48.0. The Labute approximate surface area is 575 Å². The van der Waals surface area contributed by atoms with Crippen LogP contribution in [0.15, 0.2) is 245 Å². The van der Waals surface area contributed by atoms with Gasteiger partial charge < -0.3 is 19.9 Å². The van der Waals surface area contributed by atoms with Crippen LogP contribution in [0, 0.1) is 0 Å². The van der Waals surface area contributed by atoms with Gasteiger partial charge in [-0.1, -0.05) is 0 Å². The Morgan fingerprint density at radius 1 is 0.190 bits per heavy atom. The number of hydrogen-bond acceptors (Lipinski definition) is 8. The van der Waals surface area contributed by atoms with Crippen LogP contribution in [-0.4, -0.2) is 59.8 Å². The van der Waals surface area contributed by atoms with Crippen molar-refractivity contribution in [3.63, 3.8) is 0 Å². The van der Waals surface area contributed by atoms with E-state index in [4.69, 9.17) is 19.9 Å². The van der Waals surface area contributed by atoms with Gasteiger partial charge in [0.15, 0.2) is 49.6 Å². The maximum Gasteiger partial charge on any atom is 0.169 e. The van der Waals surface area contributed by atoms with Crippen molar-refractivity contribution in [1.82, 2.24) is 59.8 Å². The van der Waals surface area contributed by atoms with Gasteiger partial charge in [0.1, 0.15) is 28.2 Å². The summed E-state index contributed by atoms with van der Waals surface area (Å²) in [6, 6.07) is 50.4. The van der Waals surface area contributed by atoms with E-state index in [2.05, 4.69) is 235 Å². The van der Waals surface area contributed by atoms with Crippen molar-refractivity contribution >= 4 is 92.7 Å². The van der Waals surface area contributed by atoms with Crippen LogP contribution in [0.3, 0.4) is 0 Å². The summed E-state index contributed by atoms with van der Waals surface area (Å²) in [6.45, 7) is 0. The Morgan fingerprint density at radius 3 is 0.480 bits per heavy atom. The first-order valence-electron chi connectivity index (χ1n) is 32.9. The minimum Gasteiger partial charge on any atom is -0.354 e. The molecule has 16 bridgehead atoms. The summed E-state index contributed by atoms with van der Waals surface area (Å²) < 4.78 is 8.20. The van der Waals surface area contributed by atoms with E-state index < -0.39 is 0 Å². The van der Waals surface area contributed by atoms with Gasteiger partial charge >= 0.3 is 0 Å². The molecular formula is C84H64N16+4. The van der Waals surface area contributed by atoms with E-state index >= 15 is 0 Å². The molecule has 0 unspecified atom stereocenters. The fourth-order valence-corrected chi connectivity index (χ4v) is 13.6. The third-order valence-electron chi connectivity index (χ3n) is 18.5. The highest BCUT2D eigenvalue weighted by Crippen LogP contribution is 2.41. The van der Waals surface area contributed by atoms with Crippen LogP contribution in [0.1, 0.15) is 45.6 Å². The van der Waals surface area contributed by atoms with Crippen molar-refractivity contribution in [3.05, 3.63) is 290 Å². The second-order valence-electron chi connectivity index (χ2n) is 25.0. The Morgan fingerprint density at radius 2 is 0.330 bits per heavy atom. The van der Waals surface area contributed by atoms with E-state index in [-0.39, 0.29) is 0 Å². The van der Waals surface area contributed by atoms with Gasteiger partial charge in [0.2, 0.25) is 0 Å². The average Bonchev–Trinajstić information content (AvgIpc) is 1.62. The number of nitrogens with zero attached hydrogens (tertiary/aromatic N) is 12. The summed E-state index contributed by atoms with van der Waals surface area (Å²) in [5, 5.41) is 0. The van der Waals surface area contributed by atoms with Gasteiger partial charge in [-0.05, 0) is 190 Å². The Balaban J connectivity index is 0.000000150. The molecule has 4 aliphatic heterocycles. The number of H-pyrrole nitrogens is 4. The third-order valence-corrected chi connectivity index (χ3v) is 18.5. The van der Waals surface area contributed by atoms with Gasteiger partial charge in [0, 0.05) is 187 Å². The van der Waals surface area contributed by atoms with Crippen LogP contribution in [0.4, 0.5) is 0 Å². The van der Waals surface area contributed by atoms with Crippen LogP contribution in [-0.2, 0) is 28.2 Å². The van der Waals surface area contributed by atoms with Gasteiger partial charge in [-0.25, -0.2) is 38.2 Å². The number of rotatable bonds is 8. The lowest BCUT2D eigenvalue weighted by Crippen LogP contribution is -2.25. The molecule has 0 atom stereocenters. The topological polar surface area (TPSA) is 182 Å². The monoisotopic (exact) mass is 1300 g/mol. The number of nitrogens with one attached hydrogen (secondary N) is 4. The lowest BCUT2D eigenvalue weighted by atomic mass is 10.0. The predicted molar refractivity (Wildman–Crippen MR) is 397 cm³/mol. The van der Waals surface area contributed by atoms with Crippen LogP contribution >= 0.6 is 0 Å². The fourth-order valence-electron chi connectivity index (χ4n) is 13.6. The van der Waals surface area contributed by atoms with Crippen molar-refractivity contribution in [2.75, 3.05) is 0 Å². The van der Waals surface area contributed by atoms with E-state index in [1.165, 1.54) is 0 Å². The molecule has 4 aliphatic rings. The number of aryl methyl sites for hydroxylation is 4. The summed E-state index contributed by atoms with van der Waals surface area (Å²) in [5.41, 5.74) is 30.9. The second-order valence-corrected chi connectivity index (χ2v) is 25.0. The molecule has 100 heavy (non-hydrogen) atoms. The molecule has 0 saturated heterocycles. The van der Waals surface area contributed by atoms with Gasteiger partial charge in [0.25, 0.3) is 0 Å². The van der Waals surface area contributed by atoms with Crippen LogP contribution in [0.25, 0.3) is 182 Å². The summed E-state index contributed by atoms with van der Waals surface area (Å²) in [4.78, 5) is 53.7. The van der Waals surface area contributed by atoms with E-state index in [1.54, 1.807) is 0 Å². The van der Waals surface area contributed by atoms with Crippen molar-refractivity contribution in [1.29, 1.82) is 0 Å². The molecule has 16 nitrogen and oxygen atoms in total. The quantitative estimate of drug-likeness (QED) is 0.108. The Hall–Kier alpha value is -13.6. The number of aromatic amines is 4. The first-order chi connectivity index (χ1) is 49.2. The minimum absolute atomic E-state index is 0.846. The lowest BCUT2D eigenvalue weighted by molar-refractivity contribution is -0.671. The minimum atomic E-state index is 0.846. The normalized spacial score (nSPS) is 12.0. The fraction of sp³-hybridized carbons (Fsp3) is 0.0476. The Bertz CT molecular complexity index is 5290. The van der Waals surface area contributed by atoms with E-state index in [1.807, 2.05) is 145 Å². The molecule has 0 saturated carbocycles. The molecule has 0 spiro atoms. The summed E-state index contributed by atoms with van der Waals surface area (Å²) >= 11 is 0. The molecule has 18 rings (SSSR count). The van der Waals surface area contributed by atoms with Crippen molar-refractivity contribution in [3.8, 4) is 89.0 Å². The molecule has 14 aromatic rings. The largest absolute Gasteiger partial charge is 0.354 e. The van der Waals surface area contributed by atoms with Crippen molar-refractivity contribution in [2.45, 2.75) is 0 Å². The molecule has 476 valence electrons. The molecule has 0 aromatic carbocycles. The van der Waals surface area contributed by atoms with Gasteiger partial charge in [0.05, 0.1) is 45.6 Å². The number of hydrogen-bond donors (Lipinski definition) is 4. The van der Waals surface area contributed by atoms with E-state index in [0.29, 0.717) is 0 Å². The van der Waals surface area contributed by atoms with Crippen molar-refractivity contribution in [2.24, 2.45) is 28.2 Å². The highest BCUT2D eigenvalue weighted by atomic mass is 14.9. The molecule has 16 heteroatoms. The van der Waals surface area contributed by atoms with Crippen LogP contribution in [0.5, 0.6) is 0 Å². The van der Waals surface area contributed by atoms with E-state index in [9.17, 15) is 0 Å². The molecule has 0 fully saturated rings. The maximum absolute atomic E-state index is 5.39. The molecule has 0 radical (unpaired) electrons. The molecular weight excluding hydrogens is 1230 g/mol. The zero-order valence-electron chi connectivity index (χ0n) is 55.1. The zero-order chi connectivity index (χ0) is 67.2. The van der Waals surface area contributed by atoms with E-state index in [0.717, 1.165) is 179 Å². The molecule has 14 aromatic heterocycles. The van der Waals surface area contributed by atoms with Gasteiger partial charge in [-0.15, -0.1) is 0 Å². The van der Waals surface area contributed by atoms with Crippen molar-refractivity contribution < 1.29 is 18.3 Å². The first-order valence-corrected chi connectivity index (χ1v) is 32.9. The standard InChI is InChI=1S/C44H37N8.C40H26N8/c1-49-21-13-29(14-22-49)41-33-5-7-35(45-33)42(30-15-23-50(2)24-16-30)37-9-11-39(47-37)44(32-19-27-52(4)28-20-32)40-12-10-38(48-40)43(36-8-6-34(41)46-36)31-17-25-51(3)26-18-31;1-2-30-38(26-11-19-42-20-12-26)32-5-6-34(47-32)40(28-15-23-44-24-16-28)36-8-7-35(48-36)39(27-13-21-43-22-14-27)33-4-3-31(46-33)37(29(1)45-30)25-9-17-41-18-10-25/h5-28H,1-4H3,(H,45,46,47,48);1-24,45,48H/q+3;/p+1. The smallest absolute Gasteiger partial charge is 0.169 e. The summed E-state index contributed by atoms with van der Waals surface area (Å²) in [5.74, 6) is 0. The predicted octanol–water partition coefficient (Wildman–Crippen LogP) is 15.5. The highest BCUT2D eigenvalue weighted by Gasteiger charge is 2.23. The van der Waals surface area contributed by atoms with Gasteiger partial charge in [-0.3, -0.25) is 19.9 Å². The molecule has 0 amide bonds. The first kappa shape index (κ1) is 60.1.